The van der Waals surface area contributed by atoms with Crippen LogP contribution in [0.4, 0.5) is 0 Å². The van der Waals surface area contributed by atoms with Crippen molar-refractivity contribution in [1.82, 2.24) is 5.32 Å². The fourth-order valence-electron chi connectivity index (χ4n) is 2.61. The van der Waals surface area contributed by atoms with E-state index in [1.165, 1.54) is 5.56 Å². The first-order chi connectivity index (χ1) is 9.74. The van der Waals surface area contributed by atoms with Gasteiger partial charge in [0.25, 0.3) is 0 Å². The third-order valence-corrected chi connectivity index (χ3v) is 3.82. The van der Waals surface area contributed by atoms with Gasteiger partial charge in [0.15, 0.2) is 0 Å². The van der Waals surface area contributed by atoms with E-state index < -0.39 is 0 Å². The molecule has 1 fully saturated rings. The van der Waals surface area contributed by atoms with Gasteiger partial charge in [-0.1, -0.05) is 12.1 Å². The molecule has 20 heavy (non-hydrogen) atoms. The van der Waals surface area contributed by atoms with Gasteiger partial charge < -0.3 is 19.5 Å². The van der Waals surface area contributed by atoms with E-state index in [1.54, 1.807) is 7.11 Å². The first kappa shape index (κ1) is 15.3. The zero-order chi connectivity index (χ0) is 14.4. The smallest absolute Gasteiger partial charge is 0.118 e. The normalized spacial score (nSPS) is 21.6. The Morgan fingerprint density at radius 1 is 1.35 bits per heavy atom. The average Bonchev–Trinajstić information content (AvgIpc) is 3.00. The third-order valence-electron chi connectivity index (χ3n) is 3.82. The van der Waals surface area contributed by atoms with Crippen LogP contribution in [0, 0.1) is 0 Å². The summed E-state index contributed by atoms with van der Waals surface area (Å²) in [5.41, 5.74) is 1.20. The first-order valence-electron chi connectivity index (χ1n) is 7.29. The van der Waals surface area contributed by atoms with Crippen molar-refractivity contribution in [2.75, 3.05) is 27.4 Å². The van der Waals surface area contributed by atoms with Crippen molar-refractivity contribution in [3.8, 4) is 5.75 Å². The molecule has 1 heterocycles. The molecule has 3 atom stereocenters. The molecule has 1 saturated heterocycles. The molecule has 0 aromatic heterocycles. The minimum absolute atomic E-state index is 0.0950. The molecule has 0 spiro atoms. The lowest BCUT2D eigenvalue weighted by atomic mass is 10.0. The van der Waals surface area contributed by atoms with Crippen molar-refractivity contribution in [2.45, 2.75) is 38.0 Å². The van der Waals surface area contributed by atoms with Gasteiger partial charge in [-0.05, 0) is 44.5 Å². The summed E-state index contributed by atoms with van der Waals surface area (Å²) in [5, 5.41) is 3.32. The molecule has 4 heteroatoms. The van der Waals surface area contributed by atoms with Crippen molar-refractivity contribution >= 4 is 0 Å². The lowest BCUT2D eigenvalue weighted by molar-refractivity contribution is -0.0261. The van der Waals surface area contributed by atoms with Crippen molar-refractivity contribution in [3.63, 3.8) is 0 Å². The second-order valence-corrected chi connectivity index (χ2v) is 5.21. The molecule has 3 unspecified atom stereocenters. The van der Waals surface area contributed by atoms with Crippen molar-refractivity contribution < 1.29 is 14.2 Å². The molecule has 1 aliphatic rings. The second kappa shape index (κ2) is 7.62. The lowest BCUT2D eigenvalue weighted by Crippen LogP contribution is -2.31. The van der Waals surface area contributed by atoms with Crippen LogP contribution in [-0.2, 0) is 9.47 Å². The van der Waals surface area contributed by atoms with Crippen LogP contribution < -0.4 is 10.1 Å². The molecule has 1 N–H and O–H groups in total. The number of hydrogen-bond acceptors (Lipinski definition) is 4. The van der Waals surface area contributed by atoms with Crippen molar-refractivity contribution in [1.29, 1.82) is 0 Å². The highest BCUT2D eigenvalue weighted by atomic mass is 16.5. The van der Waals surface area contributed by atoms with Crippen LogP contribution in [0.15, 0.2) is 24.3 Å². The zero-order valence-electron chi connectivity index (χ0n) is 12.6. The maximum absolute atomic E-state index is 5.97. The molecule has 0 bridgehead atoms. The topological polar surface area (TPSA) is 39.7 Å². The standard InChI is InChI=1S/C16H25NO3/c1-12(20-11-15-5-4-10-19-15)16(17-2)13-6-8-14(18-3)9-7-13/h6-9,12,15-17H,4-5,10-11H2,1-3H3. The van der Waals surface area contributed by atoms with E-state index >= 15 is 0 Å². The van der Waals surface area contributed by atoms with Gasteiger partial charge in [0.1, 0.15) is 5.75 Å². The van der Waals surface area contributed by atoms with E-state index in [1.807, 2.05) is 19.2 Å². The molecule has 1 aliphatic heterocycles. The van der Waals surface area contributed by atoms with E-state index in [9.17, 15) is 0 Å². The van der Waals surface area contributed by atoms with Crippen LogP contribution in [0.25, 0.3) is 0 Å². The summed E-state index contributed by atoms with van der Waals surface area (Å²) in [7, 11) is 3.64. The number of hydrogen-bond donors (Lipinski definition) is 1. The Hall–Kier alpha value is -1.10. The maximum Gasteiger partial charge on any atom is 0.118 e. The molecule has 0 amide bonds. The summed E-state index contributed by atoms with van der Waals surface area (Å²) in [6, 6.07) is 8.28. The van der Waals surface area contributed by atoms with Crippen LogP contribution >= 0.6 is 0 Å². The number of ether oxygens (including phenoxy) is 3. The Kier molecular flexibility index (Phi) is 5.83. The highest BCUT2D eigenvalue weighted by Gasteiger charge is 2.21. The molecule has 0 saturated carbocycles. The minimum Gasteiger partial charge on any atom is -0.497 e. The number of rotatable bonds is 7. The number of nitrogens with one attached hydrogen (secondary N) is 1. The summed E-state index contributed by atoms with van der Waals surface area (Å²) >= 11 is 0. The van der Waals surface area contributed by atoms with Crippen molar-refractivity contribution in [3.05, 3.63) is 29.8 Å². The summed E-state index contributed by atoms with van der Waals surface area (Å²) in [6.45, 7) is 3.65. The average molecular weight is 279 g/mol. The molecular weight excluding hydrogens is 254 g/mol. The summed E-state index contributed by atoms with van der Waals surface area (Å²) in [4.78, 5) is 0. The highest BCUT2D eigenvalue weighted by molar-refractivity contribution is 5.29. The quantitative estimate of drug-likeness (QED) is 0.832. The van der Waals surface area contributed by atoms with Gasteiger partial charge in [-0.3, -0.25) is 0 Å². The fourth-order valence-corrected chi connectivity index (χ4v) is 2.61. The first-order valence-corrected chi connectivity index (χ1v) is 7.29. The fraction of sp³-hybridized carbons (Fsp3) is 0.625. The molecule has 1 aromatic carbocycles. The van der Waals surface area contributed by atoms with E-state index in [2.05, 4.69) is 24.4 Å². The van der Waals surface area contributed by atoms with Crippen LogP contribution in [0.3, 0.4) is 0 Å². The van der Waals surface area contributed by atoms with E-state index in [4.69, 9.17) is 14.2 Å². The van der Waals surface area contributed by atoms with Crippen LogP contribution in [0.2, 0.25) is 0 Å². The van der Waals surface area contributed by atoms with Gasteiger partial charge in [0.05, 0.1) is 32.0 Å². The summed E-state index contributed by atoms with van der Waals surface area (Å²) in [5.74, 6) is 0.872. The largest absolute Gasteiger partial charge is 0.497 e. The lowest BCUT2D eigenvalue weighted by Gasteiger charge is -2.25. The van der Waals surface area contributed by atoms with E-state index in [0.717, 1.165) is 25.2 Å². The predicted octanol–water partition coefficient (Wildman–Crippen LogP) is 2.54. The molecule has 112 valence electrons. The zero-order valence-corrected chi connectivity index (χ0v) is 12.6. The molecule has 0 radical (unpaired) electrons. The monoisotopic (exact) mass is 279 g/mol. The van der Waals surface area contributed by atoms with Gasteiger partial charge in [0.2, 0.25) is 0 Å². The van der Waals surface area contributed by atoms with Crippen LogP contribution in [0.5, 0.6) is 5.75 Å². The van der Waals surface area contributed by atoms with Crippen molar-refractivity contribution in [2.24, 2.45) is 0 Å². The highest BCUT2D eigenvalue weighted by Crippen LogP contribution is 2.22. The van der Waals surface area contributed by atoms with E-state index in [-0.39, 0.29) is 18.2 Å². The Bertz CT molecular complexity index is 387. The molecule has 0 aliphatic carbocycles. The molecule has 2 rings (SSSR count). The Morgan fingerprint density at radius 2 is 2.10 bits per heavy atom. The Morgan fingerprint density at radius 3 is 2.65 bits per heavy atom. The van der Waals surface area contributed by atoms with Gasteiger partial charge in [-0.15, -0.1) is 0 Å². The summed E-state index contributed by atoms with van der Waals surface area (Å²) < 4.78 is 16.8. The summed E-state index contributed by atoms with van der Waals surface area (Å²) in [6.07, 6.45) is 2.62. The Balaban J connectivity index is 1.91. The molecule has 4 nitrogen and oxygen atoms in total. The number of benzene rings is 1. The van der Waals surface area contributed by atoms with Crippen LogP contribution in [-0.4, -0.2) is 39.6 Å². The molecular formula is C16H25NO3. The Labute approximate surface area is 121 Å². The van der Waals surface area contributed by atoms with Gasteiger partial charge in [0, 0.05) is 6.61 Å². The third kappa shape index (κ3) is 3.95. The molecule has 1 aromatic rings. The predicted molar refractivity (Wildman–Crippen MR) is 79.2 cm³/mol. The number of likely N-dealkylation sites (N-methyl/N-ethyl adjacent to an activating group) is 1. The van der Waals surface area contributed by atoms with Crippen LogP contribution in [0.1, 0.15) is 31.4 Å². The SMILES string of the molecule is CNC(c1ccc(OC)cc1)C(C)OCC1CCCO1. The van der Waals surface area contributed by atoms with Gasteiger partial charge in [-0.2, -0.15) is 0 Å². The second-order valence-electron chi connectivity index (χ2n) is 5.21. The minimum atomic E-state index is 0.0950. The van der Waals surface area contributed by atoms with Gasteiger partial charge >= 0.3 is 0 Å². The maximum atomic E-state index is 5.97. The van der Waals surface area contributed by atoms with E-state index in [0.29, 0.717) is 6.61 Å². The van der Waals surface area contributed by atoms with Gasteiger partial charge in [-0.25, -0.2) is 0 Å². The number of methoxy groups -OCH3 is 1.